The van der Waals surface area contributed by atoms with E-state index in [4.69, 9.17) is 11.7 Å². The Hall–Kier alpha value is -2.63. The van der Waals surface area contributed by atoms with E-state index in [1.54, 1.807) is 5.38 Å². The molecule has 0 unspecified atom stereocenters. The van der Waals surface area contributed by atoms with Crippen molar-refractivity contribution in [3.8, 4) is 18.4 Å². The van der Waals surface area contributed by atoms with E-state index in [1.165, 1.54) is 16.9 Å². The number of terminal acetylenes is 1. The largest absolute Gasteiger partial charge is 0.337 e. The molecular formula is C18H15N3OS. The molecule has 0 radical (unpaired) electrons. The summed E-state index contributed by atoms with van der Waals surface area (Å²) in [5.74, 6) is 2.85. The summed E-state index contributed by atoms with van der Waals surface area (Å²) in [4.78, 5) is 18.4. The highest BCUT2D eigenvalue weighted by atomic mass is 32.1. The molecule has 114 valence electrons. The van der Waals surface area contributed by atoms with Crippen LogP contribution in [0.5, 0.6) is 0 Å². The van der Waals surface area contributed by atoms with Gasteiger partial charge >= 0.3 is 0 Å². The van der Waals surface area contributed by atoms with Gasteiger partial charge in [0, 0.05) is 18.5 Å². The minimum Gasteiger partial charge on any atom is -0.337 e. The maximum Gasteiger partial charge on any atom is 0.273 e. The topological polar surface area (TPSA) is 57.0 Å². The van der Waals surface area contributed by atoms with Crippen molar-refractivity contribution in [3.63, 3.8) is 0 Å². The number of hydrogen-bond donors (Lipinski definition) is 0. The van der Waals surface area contributed by atoms with Gasteiger partial charge in [-0.2, -0.15) is 5.26 Å². The average molecular weight is 321 g/mol. The number of likely N-dealkylation sites (tertiary alicyclic amines) is 1. The van der Waals surface area contributed by atoms with Crippen molar-refractivity contribution in [2.45, 2.75) is 18.8 Å². The molecule has 1 amide bonds. The van der Waals surface area contributed by atoms with Crippen LogP contribution in [0.25, 0.3) is 0 Å². The van der Waals surface area contributed by atoms with Crippen molar-refractivity contribution in [3.05, 3.63) is 51.5 Å². The van der Waals surface area contributed by atoms with Crippen LogP contribution in [0.1, 0.15) is 45.4 Å². The summed E-state index contributed by atoms with van der Waals surface area (Å²) in [5.41, 5.74) is 2.35. The molecule has 5 heteroatoms. The molecule has 2 aromatic rings. The molecule has 1 aliphatic heterocycles. The van der Waals surface area contributed by atoms with Gasteiger partial charge < -0.3 is 4.90 Å². The van der Waals surface area contributed by atoms with E-state index in [0.29, 0.717) is 35.3 Å². The molecule has 0 atom stereocenters. The lowest BCUT2D eigenvalue weighted by Crippen LogP contribution is -2.38. The zero-order chi connectivity index (χ0) is 16.2. The zero-order valence-electron chi connectivity index (χ0n) is 12.5. The van der Waals surface area contributed by atoms with Crippen LogP contribution in [-0.4, -0.2) is 28.9 Å². The van der Waals surface area contributed by atoms with E-state index in [0.717, 1.165) is 12.8 Å². The molecule has 4 nitrogen and oxygen atoms in total. The van der Waals surface area contributed by atoms with Gasteiger partial charge in [0.1, 0.15) is 5.69 Å². The number of nitriles is 1. The number of carbonyl (C=O) groups is 1. The molecule has 1 saturated heterocycles. The lowest BCUT2D eigenvalue weighted by molar-refractivity contribution is 0.0708. The predicted octanol–water partition coefficient (Wildman–Crippen LogP) is 3.02. The Bertz CT molecular complexity index is 787. The van der Waals surface area contributed by atoms with Gasteiger partial charge in [-0.25, -0.2) is 4.98 Å². The summed E-state index contributed by atoms with van der Waals surface area (Å²) >= 11 is 1.32. The number of carbonyl (C=O) groups excluding carboxylic acids is 1. The molecule has 0 aliphatic carbocycles. The van der Waals surface area contributed by atoms with E-state index in [2.05, 4.69) is 17.0 Å². The molecular weight excluding hydrogens is 306 g/mol. The van der Waals surface area contributed by atoms with E-state index >= 15 is 0 Å². The molecule has 1 aliphatic rings. The molecule has 1 aromatic heterocycles. The standard InChI is InChI=1S/C18H15N3OS/c1-2-17-20-16(12-23-17)18(22)21-9-7-15(8-10-21)14-5-3-13(11-19)4-6-14/h1,3-6,12,15H,7-10H2. The highest BCUT2D eigenvalue weighted by Crippen LogP contribution is 2.28. The number of rotatable bonds is 2. The Kier molecular flexibility index (Phi) is 4.41. The van der Waals surface area contributed by atoms with Crippen molar-refractivity contribution in [1.29, 1.82) is 5.26 Å². The Morgan fingerprint density at radius 1 is 1.30 bits per heavy atom. The maximum atomic E-state index is 12.4. The SMILES string of the molecule is C#Cc1nc(C(=O)N2CCC(c3ccc(C#N)cc3)CC2)cs1. The van der Waals surface area contributed by atoms with Gasteiger partial charge in [0.05, 0.1) is 11.6 Å². The molecule has 0 spiro atoms. The number of thiazole rings is 1. The van der Waals surface area contributed by atoms with Crippen molar-refractivity contribution >= 4 is 17.2 Å². The molecule has 2 heterocycles. The van der Waals surface area contributed by atoms with Gasteiger partial charge in [-0.15, -0.1) is 17.8 Å². The summed E-state index contributed by atoms with van der Waals surface area (Å²) in [6.45, 7) is 1.43. The second kappa shape index (κ2) is 6.64. The molecule has 1 aromatic carbocycles. The van der Waals surface area contributed by atoms with Crippen LogP contribution < -0.4 is 0 Å². The molecule has 1 fully saturated rings. The fourth-order valence-corrected chi connectivity index (χ4v) is 3.44. The average Bonchev–Trinajstić information content (AvgIpc) is 3.10. The molecule has 23 heavy (non-hydrogen) atoms. The molecule has 0 bridgehead atoms. The van der Waals surface area contributed by atoms with Gasteiger partial charge in [0.25, 0.3) is 5.91 Å². The lowest BCUT2D eigenvalue weighted by atomic mass is 9.89. The number of hydrogen-bond acceptors (Lipinski definition) is 4. The second-order valence-corrected chi connectivity index (χ2v) is 6.34. The van der Waals surface area contributed by atoms with E-state index in [1.807, 2.05) is 29.2 Å². The Morgan fingerprint density at radius 3 is 2.57 bits per heavy atom. The van der Waals surface area contributed by atoms with E-state index < -0.39 is 0 Å². The predicted molar refractivity (Wildman–Crippen MR) is 89.1 cm³/mol. The first-order valence-electron chi connectivity index (χ1n) is 7.42. The zero-order valence-corrected chi connectivity index (χ0v) is 13.3. The van der Waals surface area contributed by atoms with Gasteiger partial charge in [0.2, 0.25) is 0 Å². The van der Waals surface area contributed by atoms with Crippen LogP contribution in [0.3, 0.4) is 0 Å². The highest BCUT2D eigenvalue weighted by molar-refractivity contribution is 7.10. The molecule has 0 N–H and O–H groups in total. The lowest BCUT2D eigenvalue weighted by Gasteiger charge is -2.31. The van der Waals surface area contributed by atoms with Gasteiger partial charge in [0.15, 0.2) is 5.01 Å². The summed E-state index contributed by atoms with van der Waals surface area (Å²) < 4.78 is 0. The van der Waals surface area contributed by atoms with Crippen LogP contribution in [0.2, 0.25) is 0 Å². The third-order valence-corrected chi connectivity index (χ3v) is 4.91. The van der Waals surface area contributed by atoms with Crippen molar-refractivity contribution in [2.24, 2.45) is 0 Å². The van der Waals surface area contributed by atoms with E-state index in [-0.39, 0.29) is 5.91 Å². The Balaban J connectivity index is 1.62. The number of benzene rings is 1. The highest BCUT2D eigenvalue weighted by Gasteiger charge is 2.25. The number of amides is 1. The fourth-order valence-electron chi connectivity index (χ4n) is 2.85. The van der Waals surface area contributed by atoms with Crippen LogP contribution in [0.15, 0.2) is 29.6 Å². The van der Waals surface area contributed by atoms with Crippen LogP contribution >= 0.6 is 11.3 Å². The smallest absolute Gasteiger partial charge is 0.273 e. The minimum atomic E-state index is -0.0407. The third kappa shape index (κ3) is 3.26. The summed E-state index contributed by atoms with van der Waals surface area (Å²) in [6.07, 6.45) is 7.14. The van der Waals surface area contributed by atoms with Gasteiger partial charge in [-0.3, -0.25) is 4.79 Å². The van der Waals surface area contributed by atoms with Gasteiger partial charge in [-0.1, -0.05) is 12.1 Å². The van der Waals surface area contributed by atoms with Crippen LogP contribution in [0.4, 0.5) is 0 Å². The fraction of sp³-hybridized carbons (Fsp3) is 0.278. The third-order valence-electron chi connectivity index (χ3n) is 4.14. The number of piperidine rings is 1. The number of aromatic nitrogens is 1. The van der Waals surface area contributed by atoms with Crippen molar-refractivity contribution in [1.82, 2.24) is 9.88 Å². The Morgan fingerprint density at radius 2 is 2.00 bits per heavy atom. The Labute approximate surface area is 139 Å². The quantitative estimate of drug-likeness (QED) is 0.799. The molecule has 3 rings (SSSR count). The summed E-state index contributed by atoms with van der Waals surface area (Å²) in [7, 11) is 0. The minimum absolute atomic E-state index is 0.0407. The molecule has 0 saturated carbocycles. The van der Waals surface area contributed by atoms with E-state index in [9.17, 15) is 4.79 Å². The van der Waals surface area contributed by atoms with Crippen LogP contribution in [0, 0.1) is 23.7 Å². The first kappa shape index (κ1) is 15.3. The first-order valence-corrected chi connectivity index (χ1v) is 8.30. The van der Waals surface area contributed by atoms with Crippen LogP contribution in [-0.2, 0) is 0 Å². The number of nitrogens with zero attached hydrogens (tertiary/aromatic N) is 3. The summed E-state index contributed by atoms with van der Waals surface area (Å²) in [5, 5.41) is 11.1. The van der Waals surface area contributed by atoms with Gasteiger partial charge in [-0.05, 0) is 42.4 Å². The monoisotopic (exact) mass is 321 g/mol. The summed E-state index contributed by atoms with van der Waals surface area (Å²) in [6, 6.07) is 9.86. The van der Waals surface area contributed by atoms with Crippen molar-refractivity contribution < 1.29 is 4.79 Å². The first-order chi connectivity index (χ1) is 11.2. The second-order valence-electron chi connectivity index (χ2n) is 5.48. The van der Waals surface area contributed by atoms with Crippen molar-refractivity contribution in [2.75, 3.05) is 13.1 Å². The maximum absolute atomic E-state index is 12.4. The normalized spacial score (nSPS) is 15.0.